The molecular weight excluding hydrogens is 676 g/mol. The zero-order chi connectivity index (χ0) is 38.0. The highest BCUT2D eigenvalue weighted by Crippen LogP contribution is 2.26. The highest BCUT2D eigenvalue weighted by molar-refractivity contribution is 5.84. The van der Waals surface area contributed by atoms with E-state index in [9.17, 15) is 29.3 Å². The number of hydrogen-bond donors (Lipinski definition) is 1. The van der Waals surface area contributed by atoms with Crippen molar-refractivity contribution in [2.75, 3.05) is 67.9 Å². The third-order valence-corrected chi connectivity index (χ3v) is 8.23. The molecule has 0 aliphatic carbocycles. The van der Waals surface area contributed by atoms with Crippen LogP contribution in [-0.4, -0.2) is 90.5 Å². The number of hydrogen-bond acceptors (Lipinski definition) is 13. The minimum Gasteiger partial charge on any atom is -0.444 e. The van der Waals surface area contributed by atoms with Crippen molar-refractivity contribution < 1.29 is 32.8 Å². The number of anilines is 3. The molecule has 0 saturated carbocycles. The molecule has 16 heteroatoms. The molecule has 0 bridgehead atoms. The van der Waals surface area contributed by atoms with Gasteiger partial charge in [-0.05, 0) is 84.0 Å². The van der Waals surface area contributed by atoms with Crippen molar-refractivity contribution in [1.82, 2.24) is 9.80 Å². The van der Waals surface area contributed by atoms with Crippen molar-refractivity contribution in [3.8, 4) is 0 Å². The lowest BCUT2D eigenvalue weighted by Crippen LogP contribution is -2.50. The molecular formula is C36H44N6O10. The minimum atomic E-state index is -0.966. The summed E-state index contributed by atoms with van der Waals surface area (Å²) in [4.78, 5) is 65.1. The largest absolute Gasteiger partial charge is 0.444 e. The van der Waals surface area contributed by atoms with Crippen molar-refractivity contribution in [3.63, 3.8) is 0 Å². The SMILES string of the molecule is CC(C)(C)OC(=O)N1CCN(c2ccc3oc(=O)c(N)cc3c2)CC1.CC(C)(C)OC(=O)N1CCN(c2ccc3oc(=O)c([N+](=O)[O-])cc3c2)CC1. The molecule has 0 atom stereocenters. The molecule has 4 heterocycles. The maximum absolute atomic E-state index is 12.1. The Hall–Kier alpha value is -5.80. The van der Waals surface area contributed by atoms with Crippen molar-refractivity contribution in [1.29, 1.82) is 0 Å². The zero-order valence-electron chi connectivity index (χ0n) is 30.2. The van der Waals surface area contributed by atoms with E-state index < -0.39 is 33.1 Å². The number of nitrogen functional groups attached to an aromatic ring is 1. The van der Waals surface area contributed by atoms with E-state index in [0.717, 1.165) is 16.8 Å². The van der Waals surface area contributed by atoms with Crippen LogP contribution in [0.4, 0.5) is 32.3 Å². The van der Waals surface area contributed by atoms with E-state index in [1.54, 1.807) is 40.1 Å². The van der Waals surface area contributed by atoms with Gasteiger partial charge >= 0.3 is 29.1 Å². The van der Waals surface area contributed by atoms with E-state index in [1.807, 2.05) is 53.7 Å². The first-order chi connectivity index (χ1) is 24.4. The average Bonchev–Trinajstić information content (AvgIpc) is 3.07. The molecule has 2 saturated heterocycles. The van der Waals surface area contributed by atoms with Crippen molar-refractivity contribution in [2.24, 2.45) is 0 Å². The quantitative estimate of drug-likeness (QED) is 0.165. The van der Waals surface area contributed by atoms with Crippen molar-refractivity contribution in [2.45, 2.75) is 52.7 Å². The fourth-order valence-corrected chi connectivity index (χ4v) is 5.69. The Bertz CT molecular complexity index is 2080. The van der Waals surface area contributed by atoms with E-state index in [-0.39, 0.29) is 17.9 Å². The third kappa shape index (κ3) is 9.30. The molecule has 4 aromatic rings. The Morgan fingerprint density at radius 1 is 0.673 bits per heavy atom. The Morgan fingerprint density at radius 3 is 1.48 bits per heavy atom. The van der Waals surface area contributed by atoms with E-state index >= 15 is 0 Å². The van der Waals surface area contributed by atoms with Crippen LogP contribution in [0.3, 0.4) is 0 Å². The summed E-state index contributed by atoms with van der Waals surface area (Å²) in [5.41, 5.74) is 5.28. The van der Waals surface area contributed by atoms with E-state index in [4.69, 9.17) is 24.0 Å². The van der Waals surface area contributed by atoms with E-state index in [0.29, 0.717) is 68.9 Å². The predicted octanol–water partition coefficient (Wildman–Crippen LogP) is 5.19. The molecule has 52 heavy (non-hydrogen) atoms. The van der Waals surface area contributed by atoms with E-state index in [1.165, 1.54) is 6.07 Å². The summed E-state index contributed by atoms with van der Waals surface area (Å²) in [6, 6.07) is 13.6. The monoisotopic (exact) mass is 720 g/mol. The lowest BCUT2D eigenvalue weighted by Gasteiger charge is -2.36. The molecule has 2 aliphatic rings. The normalized spacial score (nSPS) is 15.3. The number of rotatable bonds is 3. The summed E-state index contributed by atoms with van der Waals surface area (Å²) in [6.45, 7) is 15.9. The van der Waals surface area contributed by atoms with Gasteiger partial charge in [-0.3, -0.25) is 10.1 Å². The predicted molar refractivity (Wildman–Crippen MR) is 196 cm³/mol. The Labute approximate surface area is 299 Å². The van der Waals surface area contributed by atoms with Crippen LogP contribution in [0, 0.1) is 10.1 Å². The van der Waals surface area contributed by atoms with Gasteiger partial charge in [0.15, 0.2) is 0 Å². The molecule has 2 aromatic heterocycles. The lowest BCUT2D eigenvalue weighted by molar-refractivity contribution is -0.387. The molecule has 2 aromatic carbocycles. The van der Waals surface area contributed by atoms with Crippen LogP contribution in [0.15, 0.2) is 67.0 Å². The first-order valence-electron chi connectivity index (χ1n) is 16.9. The molecule has 6 rings (SSSR count). The van der Waals surface area contributed by atoms with Crippen molar-refractivity contribution >= 4 is 56.9 Å². The van der Waals surface area contributed by atoms with Gasteiger partial charge in [0, 0.05) is 80.6 Å². The van der Waals surface area contributed by atoms with Crippen LogP contribution >= 0.6 is 0 Å². The molecule has 278 valence electrons. The fraction of sp³-hybridized carbons (Fsp3) is 0.444. The molecule has 2 amide bonds. The Balaban J connectivity index is 0.000000202. The van der Waals surface area contributed by atoms with Crippen LogP contribution in [-0.2, 0) is 9.47 Å². The fourth-order valence-electron chi connectivity index (χ4n) is 5.69. The Kier molecular flexibility index (Phi) is 10.7. The Morgan fingerprint density at radius 2 is 1.08 bits per heavy atom. The van der Waals surface area contributed by atoms with Gasteiger partial charge in [0.05, 0.1) is 4.92 Å². The maximum Gasteiger partial charge on any atom is 0.415 e. The third-order valence-electron chi connectivity index (χ3n) is 8.23. The molecule has 0 radical (unpaired) electrons. The number of ether oxygens (including phenoxy) is 2. The van der Waals surface area contributed by atoms with Crippen LogP contribution in [0.25, 0.3) is 21.9 Å². The summed E-state index contributed by atoms with van der Waals surface area (Å²) in [6.07, 6.45) is -0.613. The van der Waals surface area contributed by atoms with Crippen LogP contribution in [0.5, 0.6) is 0 Å². The van der Waals surface area contributed by atoms with Gasteiger partial charge in [-0.15, -0.1) is 0 Å². The second-order valence-corrected chi connectivity index (χ2v) is 14.5. The van der Waals surface area contributed by atoms with Crippen LogP contribution in [0.2, 0.25) is 0 Å². The number of nitrogens with two attached hydrogens (primary N) is 1. The van der Waals surface area contributed by atoms with Gasteiger partial charge < -0.3 is 43.6 Å². The molecule has 2 aliphatic heterocycles. The number of fused-ring (bicyclic) bond motifs is 2. The van der Waals surface area contributed by atoms with Crippen LogP contribution in [0.1, 0.15) is 41.5 Å². The number of carbonyl (C=O) groups is 2. The lowest BCUT2D eigenvalue weighted by atomic mass is 10.1. The number of nitro groups is 1. The maximum atomic E-state index is 12.1. The van der Waals surface area contributed by atoms with Gasteiger partial charge in [0.1, 0.15) is 28.1 Å². The summed E-state index contributed by atoms with van der Waals surface area (Å²) >= 11 is 0. The topological polar surface area (TPSA) is 195 Å². The summed E-state index contributed by atoms with van der Waals surface area (Å²) in [7, 11) is 0. The minimum absolute atomic E-state index is 0.0967. The first-order valence-corrected chi connectivity index (χ1v) is 16.9. The van der Waals surface area contributed by atoms with Gasteiger partial charge in [-0.2, -0.15) is 0 Å². The number of amides is 2. The van der Waals surface area contributed by atoms with E-state index in [2.05, 4.69) is 9.80 Å². The highest BCUT2D eigenvalue weighted by Gasteiger charge is 2.28. The number of benzene rings is 2. The average molecular weight is 721 g/mol. The molecule has 2 fully saturated rings. The molecule has 0 spiro atoms. The van der Waals surface area contributed by atoms with Gasteiger partial charge in [-0.25, -0.2) is 19.2 Å². The highest BCUT2D eigenvalue weighted by atomic mass is 16.6. The second-order valence-electron chi connectivity index (χ2n) is 14.5. The first kappa shape index (κ1) is 37.5. The molecule has 0 unspecified atom stereocenters. The van der Waals surface area contributed by atoms with Crippen LogP contribution < -0.4 is 26.8 Å². The summed E-state index contributed by atoms with van der Waals surface area (Å²) in [5, 5.41) is 12.2. The summed E-state index contributed by atoms with van der Waals surface area (Å²) < 4.78 is 21.0. The summed E-state index contributed by atoms with van der Waals surface area (Å²) in [5.74, 6) is 0. The van der Waals surface area contributed by atoms with Gasteiger partial charge in [0.25, 0.3) is 0 Å². The number of nitrogens with zero attached hydrogens (tertiary/aromatic N) is 5. The van der Waals surface area contributed by atoms with Gasteiger partial charge in [0.2, 0.25) is 0 Å². The number of carbonyl (C=O) groups excluding carboxylic acids is 2. The molecule has 16 nitrogen and oxygen atoms in total. The second kappa shape index (κ2) is 14.8. The standard InChI is InChI=1S/C18H21N3O6.C18H23N3O4/c1-18(2,3)27-17(23)20-8-6-19(7-9-20)13-4-5-15-12(10-13)11-14(21(24)25)16(22)26-15;1-18(2,3)25-17(23)21-8-6-20(7-9-21)13-4-5-15-12(10-13)11-14(19)16(22)24-15/h4-5,10-11H,6-9H2,1-3H3;4-5,10-11H,6-9,19H2,1-3H3. The molecule has 2 N–H and O–H groups in total. The smallest absolute Gasteiger partial charge is 0.415 e. The number of piperazine rings is 2. The van der Waals surface area contributed by atoms with Gasteiger partial charge in [-0.1, -0.05) is 0 Å². The van der Waals surface area contributed by atoms with Crippen molar-refractivity contribution in [3.05, 3.63) is 79.5 Å². The zero-order valence-corrected chi connectivity index (χ0v) is 30.2.